The van der Waals surface area contributed by atoms with Crippen LogP contribution < -0.4 is 0 Å². The predicted molar refractivity (Wildman–Crippen MR) is 44.8 cm³/mol. The molecule has 1 saturated carbocycles. The minimum absolute atomic E-state index is 0.00613. The van der Waals surface area contributed by atoms with Crippen molar-refractivity contribution in [3.8, 4) is 0 Å². The van der Waals surface area contributed by atoms with Gasteiger partial charge < -0.3 is 5.11 Å². The Balaban J connectivity index is 1.95. The maximum absolute atomic E-state index is 12.9. The number of halogens is 2. The third kappa shape index (κ3) is 1.83. The lowest BCUT2D eigenvalue weighted by atomic mass is 10.2. The lowest BCUT2D eigenvalue weighted by Gasteiger charge is -2.26. The lowest BCUT2D eigenvalue weighted by molar-refractivity contribution is -0.00107. The SMILES string of the molecule is O[C@@H]1CCC[C@H]1N1CCC(F)(F)C1. The predicted octanol–water partition coefficient (Wildman–Crippen LogP) is 1.24. The second-order valence-corrected chi connectivity index (χ2v) is 4.14. The summed E-state index contributed by atoms with van der Waals surface area (Å²) in [6.45, 7) is 0.281. The van der Waals surface area contributed by atoms with E-state index in [9.17, 15) is 13.9 Å². The Bertz CT molecular complexity index is 198. The molecule has 1 N–H and O–H groups in total. The van der Waals surface area contributed by atoms with Gasteiger partial charge in [0.05, 0.1) is 12.6 Å². The fourth-order valence-corrected chi connectivity index (χ4v) is 2.39. The van der Waals surface area contributed by atoms with Crippen molar-refractivity contribution in [3.05, 3.63) is 0 Å². The van der Waals surface area contributed by atoms with Crippen LogP contribution >= 0.6 is 0 Å². The van der Waals surface area contributed by atoms with Gasteiger partial charge in [0.25, 0.3) is 5.92 Å². The van der Waals surface area contributed by atoms with Gasteiger partial charge in [-0.15, -0.1) is 0 Å². The first-order valence-corrected chi connectivity index (χ1v) is 4.88. The van der Waals surface area contributed by atoms with E-state index in [0.29, 0.717) is 6.54 Å². The first-order valence-electron chi connectivity index (χ1n) is 4.88. The summed E-state index contributed by atoms with van der Waals surface area (Å²) in [6, 6.07) is -0.00613. The number of nitrogens with zero attached hydrogens (tertiary/aromatic N) is 1. The van der Waals surface area contributed by atoms with Crippen molar-refractivity contribution in [2.24, 2.45) is 0 Å². The van der Waals surface area contributed by atoms with Crippen molar-refractivity contribution in [2.75, 3.05) is 13.1 Å². The molecule has 0 bridgehead atoms. The monoisotopic (exact) mass is 191 g/mol. The van der Waals surface area contributed by atoms with Crippen LogP contribution in [-0.2, 0) is 0 Å². The number of aliphatic hydroxyl groups excluding tert-OH is 1. The Kier molecular flexibility index (Phi) is 2.28. The van der Waals surface area contributed by atoms with E-state index in [1.54, 1.807) is 4.90 Å². The van der Waals surface area contributed by atoms with Crippen LogP contribution in [0.15, 0.2) is 0 Å². The molecule has 13 heavy (non-hydrogen) atoms. The van der Waals surface area contributed by atoms with Crippen LogP contribution in [0, 0.1) is 0 Å². The minimum atomic E-state index is -2.53. The number of hydrogen-bond acceptors (Lipinski definition) is 2. The molecule has 2 fully saturated rings. The van der Waals surface area contributed by atoms with Gasteiger partial charge in [-0.3, -0.25) is 4.90 Å². The molecule has 2 rings (SSSR count). The van der Waals surface area contributed by atoms with E-state index in [1.165, 1.54) is 0 Å². The second-order valence-electron chi connectivity index (χ2n) is 4.14. The van der Waals surface area contributed by atoms with E-state index >= 15 is 0 Å². The summed E-state index contributed by atoms with van der Waals surface area (Å²) in [5.74, 6) is -2.53. The number of likely N-dealkylation sites (tertiary alicyclic amines) is 1. The maximum atomic E-state index is 12.9. The molecule has 1 aliphatic heterocycles. The Hall–Kier alpha value is -0.220. The molecular formula is C9H15F2NO. The number of hydrogen-bond donors (Lipinski definition) is 1. The summed E-state index contributed by atoms with van der Waals surface area (Å²) in [7, 11) is 0. The topological polar surface area (TPSA) is 23.5 Å². The summed E-state index contributed by atoms with van der Waals surface area (Å²) in [5.41, 5.74) is 0. The summed E-state index contributed by atoms with van der Waals surface area (Å²) >= 11 is 0. The second kappa shape index (κ2) is 3.17. The van der Waals surface area contributed by atoms with Gasteiger partial charge in [0.1, 0.15) is 0 Å². The van der Waals surface area contributed by atoms with Gasteiger partial charge in [0, 0.05) is 19.0 Å². The van der Waals surface area contributed by atoms with Crippen molar-refractivity contribution in [2.45, 2.75) is 43.8 Å². The van der Waals surface area contributed by atoms with Crippen LogP contribution in [0.4, 0.5) is 8.78 Å². The summed E-state index contributed by atoms with van der Waals surface area (Å²) in [4.78, 5) is 1.75. The van der Waals surface area contributed by atoms with Crippen LogP contribution in [0.1, 0.15) is 25.7 Å². The molecule has 0 spiro atoms. The molecule has 0 unspecified atom stereocenters. The Morgan fingerprint density at radius 1 is 1.31 bits per heavy atom. The quantitative estimate of drug-likeness (QED) is 0.674. The lowest BCUT2D eigenvalue weighted by Crippen LogP contribution is -2.40. The molecule has 2 aliphatic rings. The van der Waals surface area contributed by atoms with Gasteiger partial charge in [0.2, 0.25) is 0 Å². The largest absolute Gasteiger partial charge is 0.391 e. The van der Waals surface area contributed by atoms with E-state index in [0.717, 1.165) is 19.3 Å². The van der Waals surface area contributed by atoms with Gasteiger partial charge in [-0.05, 0) is 19.3 Å². The average molecular weight is 191 g/mol. The fraction of sp³-hybridized carbons (Fsp3) is 1.00. The van der Waals surface area contributed by atoms with Crippen LogP contribution in [0.2, 0.25) is 0 Å². The highest BCUT2D eigenvalue weighted by Crippen LogP contribution is 2.33. The zero-order chi connectivity index (χ0) is 9.47. The van der Waals surface area contributed by atoms with Gasteiger partial charge in [-0.2, -0.15) is 0 Å². The molecule has 1 saturated heterocycles. The summed E-state index contributed by atoms with van der Waals surface area (Å²) in [5, 5.41) is 9.53. The standard InChI is InChI=1S/C9H15F2NO/c10-9(11)4-5-12(6-9)7-2-1-3-8(7)13/h7-8,13H,1-6H2/t7-,8-/m1/s1. The molecular weight excluding hydrogens is 176 g/mol. The number of alkyl halides is 2. The minimum Gasteiger partial charge on any atom is -0.391 e. The molecule has 2 nitrogen and oxygen atoms in total. The van der Waals surface area contributed by atoms with Crippen LogP contribution in [0.3, 0.4) is 0 Å². The zero-order valence-corrected chi connectivity index (χ0v) is 7.55. The fourth-order valence-electron chi connectivity index (χ4n) is 2.39. The molecule has 4 heteroatoms. The van der Waals surface area contributed by atoms with E-state index in [1.807, 2.05) is 0 Å². The van der Waals surface area contributed by atoms with Gasteiger partial charge in [-0.25, -0.2) is 8.78 Å². The van der Waals surface area contributed by atoms with Gasteiger partial charge >= 0.3 is 0 Å². The van der Waals surface area contributed by atoms with Gasteiger partial charge in [-0.1, -0.05) is 0 Å². The molecule has 0 aromatic rings. The van der Waals surface area contributed by atoms with Crippen molar-refractivity contribution in [1.29, 1.82) is 0 Å². The van der Waals surface area contributed by atoms with Crippen LogP contribution in [0.25, 0.3) is 0 Å². The van der Waals surface area contributed by atoms with Crippen molar-refractivity contribution < 1.29 is 13.9 Å². The van der Waals surface area contributed by atoms with Crippen LogP contribution in [-0.4, -0.2) is 41.2 Å². The third-order valence-electron chi connectivity index (χ3n) is 3.11. The highest BCUT2D eigenvalue weighted by atomic mass is 19.3. The van der Waals surface area contributed by atoms with Crippen molar-refractivity contribution >= 4 is 0 Å². The molecule has 0 aromatic heterocycles. The molecule has 0 amide bonds. The highest BCUT2D eigenvalue weighted by Gasteiger charge is 2.43. The van der Waals surface area contributed by atoms with Crippen LogP contribution in [0.5, 0.6) is 0 Å². The molecule has 0 radical (unpaired) electrons. The maximum Gasteiger partial charge on any atom is 0.261 e. The Labute approximate surface area is 76.5 Å². The normalized spacial score (nSPS) is 39.9. The van der Waals surface area contributed by atoms with E-state index in [4.69, 9.17) is 0 Å². The summed E-state index contributed by atoms with van der Waals surface area (Å²) in [6.07, 6.45) is 2.18. The Morgan fingerprint density at radius 3 is 2.54 bits per heavy atom. The molecule has 2 atom stereocenters. The van der Waals surface area contributed by atoms with Crippen molar-refractivity contribution in [1.82, 2.24) is 4.90 Å². The first kappa shape index (κ1) is 9.34. The zero-order valence-electron chi connectivity index (χ0n) is 7.55. The van der Waals surface area contributed by atoms with E-state index < -0.39 is 5.92 Å². The smallest absolute Gasteiger partial charge is 0.261 e. The molecule has 0 aromatic carbocycles. The van der Waals surface area contributed by atoms with E-state index in [2.05, 4.69) is 0 Å². The first-order chi connectivity index (χ1) is 6.08. The summed E-state index contributed by atoms with van der Waals surface area (Å²) < 4.78 is 25.7. The molecule has 1 aliphatic carbocycles. The molecule has 1 heterocycles. The Morgan fingerprint density at radius 2 is 2.08 bits per heavy atom. The highest BCUT2D eigenvalue weighted by molar-refractivity contribution is 4.92. The average Bonchev–Trinajstić information content (AvgIpc) is 2.56. The number of aliphatic hydroxyl groups is 1. The van der Waals surface area contributed by atoms with Crippen molar-refractivity contribution in [3.63, 3.8) is 0 Å². The van der Waals surface area contributed by atoms with E-state index in [-0.39, 0.29) is 25.1 Å². The third-order valence-corrected chi connectivity index (χ3v) is 3.11. The number of rotatable bonds is 1. The van der Waals surface area contributed by atoms with Gasteiger partial charge in [0.15, 0.2) is 0 Å². The molecule has 76 valence electrons.